The standard InChI is InChI=1S/C10H7ClN4/c11-8-1-2-10(7(3-8)4-12)15-6-9(13)5-14-15/h1-3,5-6H,13H2. The minimum absolute atomic E-state index is 0.464. The Balaban J connectivity index is 2.58. The smallest absolute Gasteiger partial charge is 0.101 e. The molecule has 0 radical (unpaired) electrons. The van der Waals surface area contributed by atoms with E-state index in [0.717, 1.165) is 0 Å². The number of nitrogen functional groups attached to an aromatic ring is 1. The van der Waals surface area contributed by atoms with E-state index in [-0.39, 0.29) is 0 Å². The van der Waals surface area contributed by atoms with Crippen molar-refractivity contribution < 1.29 is 0 Å². The molecule has 1 aromatic heterocycles. The molecule has 74 valence electrons. The van der Waals surface area contributed by atoms with Gasteiger partial charge in [0.15, 0.2) is 0 Å². The molecule has 0 spiro atoms. The molecular weight excluding hydrogens is 212 g/mol. The fourth-order valence-corrected chi connectivity index (χ4v) is 1.44. The molecule has 15 heavy (non-hydrogen) atoms. The van der Waals surface area contributed by atoms with Crippen LogP contribution in [0.2, 0.25) is 5.02 Å². The first-order chi connectivity index (χ1) is 7.20. The van der Waals surface area contributed by atoms with Crippen molar-refractivity contribution in [2.45, 2.75) is 0 Å². The summed E-state index contributed by atoms with van der Waals surface area (Å²) in [6.45, 7) is 0. The minimum atomic E-state index is 0.464. The predicted molar refractivity (Wildman–Crippen MR) is 57.7 cm³/mol. The summed E-state index contributed by atoms with van der Waals surface area (Å²) in [5.41, 5.74) is 7.22. The number of nitrogens with zero attached hydrogens (tertiary/aromatic N) is 3. The van der Waals surface area contributed by atoms with E-state index in [1.54, 1.807) is 29.1 Å². The molecular formula is C10H7ClN4. The van der Waals surface area contributed by atoms with Gasteiger partial charge < -0.3 is 5.73 Å². The fraction of sp³-hybridized carbons (Fsp3) is 0. The van der Waals surface area contributed by atoms with Gasteiger partial charge >= 0.3 is 0 Å². The van der Waals surface area contributed by atoms with Crippen molar-refractivity contribution in [2.24, 2.45) is 0 Å². The van der Waals surface area contributed by atoms with E-state index in [9.17, 15) is 0 Å². The Kier molecular flexibility index (Phi) is 2.32. The van der Waals surface area contributed by atoms with E-state index in [1.165, 1.54) is 6.20 Å². The lowest BCUT2D eigenvalue weighted by Crippen LogP contribution is -1.97. The zero-order valence-electron chi connectivity index (χ0n) is 7.68. The number of hydrogen-bond donors (Lipinski definition) is 1. The molecule has 2 N–H and O–H groups in total. The van der Waals surface area contributed by atoms with Crippen LogP contribution in [0.15, 0.2) is 30.6 Å². The summed E-state index contributed by atoms with van der Waals surface area (Å²) in [6, 6.07) is 7.08. The number of benzene rings is 1. The molecule has 0 aliphatic carbocycles. The highest BCUT2D eigenvalue weighted by molar-refractivity contribution is 6.30. The van der Waals surface area contributed by atoms with Crippen LogP contribution in [0.3, 0.4) is 0 Å². The van der Waals surface area contributed by atoms with E-state index in [1.807, 2.05) is 0 Å². The first-order valence-corrected chi connectivity index (χ1v) is 4.58. The van der Waals surface area contributed by atoms with Crippen molar-refractivity contribution in [3.8, 4) is 11.8 Å². The first kappa shape index (κ1) is 9.56. The molecule has 1 aromatic carbocycles. The van der Waals surface area contributed by atoms with Crippen LogP contribution in [0, 0.1) is 11.3 Å². The van der Waals surface area contributed by atoms with Gasteiger partial charge in [-0.15, -0.1) is 0 Å². The van der Waals surface area contributed by atoms with Crippen LogP contribution in [-0.2, 0) is 0 Å². The maximum atomic E-state index is 8.93. The Labute approximate surface area is 91.5 Å². The van der Waals surface area contributed by atoms with Gasteiger partial charge in [-0.05, 0) is 18.2 Å². The second kappa shape index (κ2) is 3.64. The molecule has 0 fully saturated rings. The second-order valence-corrected chi connectivity index (χ2v) is 3.43. The van der Waals surface area contributed by atoms with Crippen LogP contribution < -0.4 is 5.73 Å². The lowest BCUT2D eigenvalue weighted by Gasteiger charge is -2.03. The summed E-state index contributed by atoms with van der Waals surface area (Å²) < 4.78 is 1.55. The predicted octanol–water partition coefficient (Wildman–Crippen LogP) is 1.98. The van der Waals surface area contributed by atoms with Gasteiger partial charge in [0.05, 0.1) is 29.3 Å². The van der Waals surface area contributed by atoms with Crippen LogP contribution >= 0.6 is 11.6 Å². The van der Waals surface area contributed by atoms with Crippen molar-refractivity contribution in [2.75, 3.05) is 5.73 Å². The van der Waals surface area contributed by atoms with Gasteiger partial charge in [0.25, 0.3) is 0 Å². The normalized spacial score (nSPS) is 9.87. The van der Waals surface area contributed by atoms with E-state index < -0.39 is 0 Å². The lowest BCUT2D eigenvalue weighted by atomic mass is 10.2. The summed E-state index contributed by atoms with van der Waals surface area (Å²) >= 11 is 5.78. The van der Waals surface area contributed by atoms with Gasteiger partial charge in [-0.2, -0.15) is 10.4 Å². The highest BCUT2D eigenvalue weighted by atomic mass is 35.5. The van der Waals surface area contributed by atoms with Crippen LogP contribution in [0.4, 0.5) is 5.69 Å². The molecule has 0 unspecified atom stereocenters. The van der Waals surface area contributed by atoms with Gasteiger partial charge in [-0.3, -0.25) is 0 Å². The summed E-state index contributed by atoms with van der Waals surface area (Å²) in [5, 5.41) is 13.5. The van der Waals surface area contributed by atoms with Crippen LogP contribution in [0.25, 0.3) is 5.69 Å². The van der Waals surface area contributed by atoms with Crippen molar-refractivity contribution in [3.05, 3.63) is 41.2 Å². The zero-order valence-corrected chi connectivity index (χ0v) is 8.44. The quantitative estimate of drug-likeness (QED) is 0.796. The Morgan fingerprint density at radius 2 is 2.27 bits per heavy atom. The summed E-state index contributed by atoms with van der Waals surface area (Å²) in [6.07, 6.45) is 3.17. The summed E-state index contributed by atoms with van der Waals surface area (Å²) in [7, 11) is 0. The first-order valence-electron chi connectivity index (χ1n) is 4.21. The Bertz CT molecular complexity index is 539. The number of aromatic nitrogens is 2. The number of nitriles is 1. The largest absolute Gasteiger partial charge is 0.396 e. The third-order valence-corrected chi connectivity index (χ3v) is 2.16. The van der Waals surface area contributed by atoms with Gasteiger partial charge in [0, 0.05) is 5.02 Å². The Morgan fingerprint density at radius 3 is 2.87 bits per heavy atom. The number of hydrogen-bond acceptors (Lipinski definition) is 3. The number of nitrogens with two attached hydrogens (primary N) is 1. The number of rotatable bonds is 1. The average Bonchev–Trinajstić information content (AvgIpc) is 2.64. The maximum Gasteiger partial charge on any atom is 0.101 e. The van der Waals surface area contributed by atoms with Crippen molar-refractivity contribution in [1.82, 2.24) is 9.78 Å². The van der Waals surface area contributed by atoms with Crippen molar-refractivity contribution in [1.29, 1.82) is 5.26 Å². The van der Waals surface area contributed by atoms with Gasteiger partial charge in [0.2, 0.25) is 0 Å². The summed E-state index contributed by atoms with van der Waals surface area (Å²) in [5.74, 6) is 0. The monoisotopic (exact) mass is 218 g/mol. The molecule has 0 amide bonds. The van der Waals surface area contributed by atoms with E-state index >= 15 is 0 Å². The molecule has 5 heteroatoms. The van der Waals surface area contributed by atoms with E-state index in [2.05, 4.69) is 11.2 Å². The fourth-order valence-electron chi connectivity index (χ4n) is 1.27. The minimum Gasteiger partial charge on any atom is -0.396 e. The average molecular weight is 219 g/mol. The molecule has 0 atom stereocenters. The van der Waals surface area contributed by atoms with Crippen LogP contribution in [-0.4, -0.2) is 9.78 Å². The zero-order chi connectivity index (χ0) is 10.8. The molecule has 0 aliphatic rings. The second-order valence-electron chi connectivity index (χ2n) is 2.99. The Morgan fingerprint density at radius 1 is 1.47 bits per heavy atom. The topological polar surface area (TPSA) is 67.6 Å². The third-order valence-electron chi connectivity index (χ3n) is 1.93. The molecule has 0 saturated heterocycles. The van der Waals surface area contributed by atoms with E-state index in [0.29, 0.717) is 22.0 Å². The van der Waals surface area contributed by atoms with Gasteiger partial charge in [-0.1, -0.05) is 11.6 Å². The maximum absolute atomic E-state index is 8.93. The highest BCUT2D eigenvalue weighted by Gasteiger charge is 2.05. The molecule has 0 bridgehead atoms. The molecule has 1 heterocycles. The molecule has 2 rings (SSSR count). The van der Waals surface area contributed by atoms with Crippen molar-refractivity contribution in [3.63, 3.8) is 0 Å². The molecule has 2 aromatic rings. The Hall–Kier alpha value is -1.99. The number of anilines is 1. The van der Waals surface area contributed by atoms with Gasteiger partial charge in [-0.25, -0.2) is 4.68 Å². The molecule has 0 aliphatic heterocycles. The molecule has 0 saturated carbocycles. The van der Waals surface area contributed by atoms with Gasteiger partial charge in [0.1, 0.15) is 6.07 Å². The highest BCUT2D eigenvalue weighted by Crippen LogP contribution is 2.19. The molecule has 4 nitrogen and oxygen atoms in total. The van der Waals surface area contributed by atoms with Crippen LogP contribution in [0.1, 0.15) is 5.56 Å². The van der Waals surface area contributed by atoms with Crippen LogP contribution in [0.5, 0.6) is 0 Å². The summed E-state index contributed by atoms with van der Waals surface area (Å²) in [4.78, 5) is 0. The lowest BCUT2D eigenvalue weighted by molar-refractivity contribution is 0.877. The van der Waals surface area contributed by atoms with E-state index in [4.69, 9.17) is 22.6 Å². The van der Waals surface area contributed by atoms with Crippen molar-refractivity contribution >= 4 is 17.3 Å². The third kappa shape index (κ3) is 1.78. The SMILES string of the molecule is N#Cc1cc(Cl)ccc1-n1cc(N)cn1. The number of halogens is 1.